The second-order valence-corrected chi connectivity index (χ2v) is 2.27. The van der Waals surface area contributed by atoms with E-state index in [1.807, 2.05) is 0 Å². The Bertz CT molecular complexity index is 400. The van der Waals surface area contributed by atoms with Gasteiger partial charge in [0.2, 0.25) is 0 Å². The van der Waals surface area contributed by atoms with Crippen molar-refractivity contribution in [2.24, 2.45) is 14.1 Å². The number of nitrogens with zero attached hydrogens (tertiary/aromatic N) is 3. The van der Waals surface area contributed by atoms with Crippen molar-refractivity contribution in [3.8, 4) is 0 Å². The molecular weight excluding hydrogens is 172 g/mol. The molecule has 7 heteroatoms. The maximum Gasteiger partial charge on any atom is 0.351 e. The minimum absolute atomic E-state index is 0.0856. The van der Waals surface area contributed by atoms with E-state index in [2.05, 4.69) is 0 Å². The van der Waals surface area contributed by atoms with Crippen molar-refractivity contribution in [1.82, 2.24) is 13.9 Å². The highest BCUT2D eigenvalue weighted by molar-refractivity contribution is 4.70. The number of hydrogen-bond donors (Lipinski definition) is 0. The van der Waals surface area contributed by atoms with Crippen molar-refractivity contribution in [3.63, 3.8) is 0 Å². The maximum absolute atomic E-state index is 12.1. The molecule has 0 unspecified atom stereocenters. The molecule has 0 amide bonds. The molecule has 1 heterocycles. The zero-order valence-electron chi connectivity index (χ0n) is 6.49. The SMILES string of the molecule is Cn1c(=O)n(C)n(C(F)F)c1=O. The lowest BCUT2D eigenvalue weighted by Gasteiger charge is -2.00. The Balaban J connectivity index is 3.61. The Labute approximate surface area is 65.4 Å². The molecule has 1 aromatic rings. The van der Waals surface area contributed by atoms with Crippen LogP contribution in [0, 0.1) is 0 Å². The van der Waals surface area contributed by atoms with E-state index in [0.717, 1.165) is 14.1 Å². The molecule has 0 spiro atoms. The molecule has 0 aliphatic carbocycles. The lowest BCUT2D eigenvalue weighted by atomic mass is 11.0. The van der Waals surface area contributed by atoms with Gasteiger partial charge in [-0.05, 0) is 0 Å². The van der Waals surface area contributed by atoms with Gasteiger partial charge in [-0.2, -0.15) is 13.5 Å². The van der Waals surface area contributed by atoms with Crippen LogP contribution in [0.1, 0.15) is 6.55 Å². The van der Waals surface area contributed by atoms with Gasteiger partial charge < -0.3 is 0 Å². The molecule has 0 aliphatic rings. The van der Waals surface area contributed by atoms with Crippen molar-refractivity contribution >= 4 is 0 Å². The summed E-state index contributed by atoms with van der Waals surface area (Å²) in [7, 11) is 2.25. The number of halogens is 2. The molecule has 0 radical (unpaired) electrons. The van der Waals surface area contributed by atoms with E-state index in [9.17, 15) is 18.4 Å². The molecule has 0 fully saturated rings. The fourth-order valence-corrected chi connectivity index (χ4v) is 0.887. The molecule has 0 N–H and O–H groups in total. The third-order valence-electron chi connectivity index (χ3n) is 1.55. The first-order valence-corrected chi connectivity index (χ1v) is 3.09. The summed E-state index contributed by atoms with van der Waals surface area (Å²) in [5.41, 5.74) is -1.78. The predicted octanol–water partition coefficient (Wildman–Crippen LogP) is -0.719. The normalized spacial score (nSPS) is 11.1. The van der Waals surface area contributed by atoms with Crippen molar-refractivity contribution in [1.29, 1.82) is 0 Å². The summed E-state index contributed by atoms with van der Waals surface area (Å²) in [5.74, 6) is 0. The third kappa shape index (κ3) is 0.973. The van der Waals surface area contributed by atoms with Crippen LogP contribution in [-0.4, -0.2) is 13.9 Å². The van der Waals surface area contributed by atoms with Crippen LogP contribution in [0.3, 0.4) is 0 Å². The molecule has 0 atom stereocenters. The molecule has 12 heavy (non-hydrogen) atoms. The molecule has 0 aliphatic heterocycles. The van der Waals surface area contributed by atoms with Gasteiger partial charge in [0.25, 0.3) is 0 Å². The first-order chi connectivity index (χ1) is 5.46. The van der Waals surface area contributed by atoms with Crippen LogP contribution in [0.5, 0.6) is 0 Å². The fourth-order valence-electron chi connectivity index (χ4n) is 0.887. The summed E-state index contributed by atoms with van der Waals surface area (Å²) in [6, 6.07) is 0. The molecule has 1 rings (SSSR count). The summed E-state index contributed by atoms with van der Waals surface area (Å²) < 4.78 is 25.4. The molecule has 68 valence electrons. The maximum atomic E-state index is 12.1. The smallest absolute Gasteiger partial charge is 0.246 e. The second kappa shape index (κ2) is 2.58. The van der Waals surface area contributed by atoms with Crippen LogP contribution in [0.25, 0.3) is 0 Å². The van der Waals surface area contributed by atoms with Crippen molar-refractivity contribution in [3.05, 3.63) is 21.0 Å². The van der Waals surface area contributed by atoms with Gasteiger partial charge >= 0.3 is 17.9 Å². The van der Waals surface area contributed by atoms with E-state index in [4.69, 9.17) is 0 Å². The molecule has 0 bridgehead atoms. The fraction of sp³-hybridized carbons (Fsp3) is 0.600. The van der Waals surface area contributed by atoms with Gasteiger partial charge in [0, 0.05) is 14.1 Å². The predicted molar refractivity (Wildman–Crippen MR) is 36.2 cm³/mol. The van der Waals surface area contributed by atoms with Gasteiger partial charge in [-0.1, -0.05) is 0 Å². The summed E-state index contributed by atoms with van der Waals surface area (Å²) >= 11 is 0. The van der Waals surface area contributed by atoms with Crippen LogP contribution in [0.4, 0.5) is 8.78 Å². The van der Waals surface area contributed by atoms with Crippen molar-refractivity contribution < 1.29 is 8.78 Å². The first-order valence-electron chi connectivity index (χ1n) is 3.09. The third-order valence-corrected chi connectivity index (χ3v) is 1.55. The van der Waals surface area contributed by atoms with Crippen LogP contribution >= 0.6 is 0 Å². The average molecular weight is 179 g/mol. The summed E-state index contributed by atoms with van der Waals surface area (Å²) in [6.07, 6.45) is 0. The quantitative estimate of drug-likeness (QED) is 0.571. The summed E-state index contributed by atoms with van der Waals surface area (Å²) in [5, 5.41) is 0. The van der Waals surface area contributed by atoms with E-state index in [-0.39, 0.29) is 4.68 Å². The molecule has 0 aromatic carbocycles. The number of hydrogen-bond acceptors (Lipinski definition) is 2. The molecule has 5 nitrogen and oxygen atoms in total. The van der Waals surface area contributed by atoms with Gasteiger partial charge in [0.05, 0.1) is 0 Å². The topological polar surface area (TPSA) is 48.9 Å². The lowest BCUT2D eigenvalue weighted by Crippen LogP contribution is -2.26. The first kappa shape index (κ1) is 8.69. The van der Waals surface area contributed by atoms with Gasteiger partial charge in [-0.25, -0.2) is 18.8 Å². The second-order valence-electron chi connectivity index (χ2n) is 2.27. The Kier molecular flexibility index (Phi) is 1.87. The van der Waals surface area contributed by atoms with Gasteiger partial charge in [0.1, 0.15) is 0 Å². The highest BCUT2D eigenvalue weighted by Gasteiger charge is 2.16. The zero-order valence-corrected chi connectivity index (χ0v) is 6.49. The molecule has 1 aromatic heterocycles. The van der Waals surface area contributed by atoms with Crippen LogP contribution in [-0.2, 0) is 14.1 Å². The number of rotatable bonds is 1. The Morgan fingerprint density at radius 1 is 1.17 bits per heavy atom. The highest BCUT2D eigenvalue weighted by atomic mass is 19.3. The minimum Gasteiger partial charge on any atom is -0.246 e. The van der Waals surface area contributed by atoms with E-state index in [1.165, 1.54) is 0 Å². The molecule has 0 saturated heterocycles. The average Bonchev–Trinajstić information content (AvgIpc) is 2.16. The summed E-state index contributed by atoms with van der Waals surface area (Å²) in [4.78, 5) is 21.8. The summed E-state index contributed by atoms with van der Waals surface area (Å²) in [6.45, 7) is -2.99. The van der Waals surface area contributed by atoms with Gasteiger partial charge in [-0.3, -0.25) is 0 Å². The molecular formula is C5H7F2N3O2. The highest BCUT2D eigenvalue weighted by Crippen LogP contribution is 2.02. The standard InChI is InChI=1S/C5H7F2N3O2/c1-8-4(11)9(2)10(3(6)7)5(8)12/h3H,1-2H3. The van der Waals surface area contributed by atoms with Crippen molar-refractivity contribution in [2.45, 2.75) is 6.55 Å². The molecule has 0 saturated carbocycles. The van der Waals surface area contributed by atoms with Crippen molar-refractivity contribution in [2.75, 3.05) is 0 Å². The zero-order chi connectivity index (χ0) is 9.46. The lowest BCUT2D eigenvalue weighted by molar-refractivity contribution is 0.0401. The minimum atomic E-state index is -2.99. The number of aromatic nitrogens is 3. The Morgan fingerprint density at radius 2 is 1.67 bits per heavy atom. The van der Waals surface area contributed by atoms with E-state index < -0.39 is 17.9 Å². The Morgan fingerprint density at radius 3 is 1.83 bits per heavy atom. The monoisotopic (exact) mass is 179 g/mol. The largest absolute Gasteiger partial charge is 0.351 e. The van der Waals surface area contributed by atoms with Crippen LogP contribution in [0.2, 0.25) is 0 Å². The van der Waals surface area contributed by atoms with Crippen LogP contribution in [0.15, 0.2) is 9.59 Å². The van der Waals surface area contributed by atoms with E-state index in [0.29, 0.717) is 9.25 Å². The van der Waals surface area contributed by atoms with Gasteiger partial charge in [-0.15, -0.1) is 0 Å². The van der Waals surface area contributed by atoms with E-state index >= 15 is 0 Å². The van der Waals surface area contributed by atoms with Crippen LogP contribution < -0.4 is 11.4 Å². The van der Waals surface area contributed by atoms with E-state index in [1.54, 1.807) is 0 Å². The Hall–Kier alpha value is -1.40. The number of alkyl halides is 2. The van der Waals surface area contributed by atoms with Gasteiger partial charge in [0.15, 0.2) is 0 Å².